The summed E-state index contributed by atoms with van der Waals surface area (Å²) in [5.74, 6) is -0.0388. The number of thiazole rings is 1. The van der Waals surface area contributed by atoms with Crippen molar-refractivity contribution in [3.63, 3.8) is 0 Å². The number of ether oxygens (including phenoxy) is 1. The first-order chi connectivity index (χ1) is 11.5. The van der Waals surface area contributed by atoms with Gasteiger partial charge in [0.15, 0.2) is 0 Å². The zero-order valence-corrected chi connectivity index (χ0v) is 15.2. The molecule has 0 saturated carbocycles. The minimum atomic E-state index is -0.287. The molecule has 7 heteroatoms. The molecule has 1 aliphatic heterocycles. The number of amides is 1. The lowest BCUT2D eigenvalue weighted by atomic mass is 10.2. The maximum atomic E-state index is 12.3. The van der Waals surface area contributed by atoms with E-state index >= 15 is 0 Å². The number of hydrogen-bond acceptors (Lipinski definition) is 5. The molecule has 2 heterocycles. The van der Waals surface area contributed by atoms with Crippen LogP contribution >= 0.6 is 22.9 Å². The molecule has 2 atom stereocenters. The Hall–Kier alpha value is -1.47. The van der Waals surface area contributed by atoms with Gasteiger partial charge in [0.1, 0.15) is 11.0 Å². The standard InChI is InChI=1S/C17H20ClN3O2S/c1-10(20-16(22)14-9-23-8-7-19-14)15-11(2)21-17(24-15)12-3-5-13(18)6-4-12/h3-6,10,14,19H,7-9H2,1-2H3,(H,20,22). The first kappa shape index (κ1) is 17.4. The van der Waals surface area contributed by atoms with Crippen molar-refractivity contribution in [2.24, 2.45) is 0 Å². The highest BCUT2D eigenvalue weighted by atomic mass is 35.5. The smallest absolute Gasteiger partial charge is 0.240 e. The number of nitrogens with zero attached hydrogens (tertiary/aromatic N) is 1. The Morgan fingerprint density at radius 1 is 1.46 bits per heavy atom. The molecule has 0 spiro atoms. The molecule has 0 bridgehead atoms. The monoisotopic (exact) mass is 365 g/mol. The lowest BCUT2D eigenvalue weighted by Gasteiger charge is -2.24. The van der Waals surface area contributed by atoms with Crippen LogP contribution in [0.2, 0.25) is 5.02 Å². The van der Waals surface area contributed by atoms with Gasteiger partial charge in [0.2, 0.25) is 5.91 Å². The summed E-state index contributed by atoms with van der Waals surface area (Å²) in [7, 11) is 0. The first-order valence-electron chi connectivity index (χ1n) is 7.89. The van der Waals surface area contributed by atoms with Gasteiger partial charge in [-0.2, -0.15) is 0 Å². The van der Waals surface area contributed by atoms with Crippen LogP contribution in [0.15, 0.2) is 24.3 Å². The summed E-state index contributed by atoms with van der Waals surface area (Å²) in [5, 5.41) is 7.85. The van der Waals surface area contributed by atoms with Gasteiger partial charge in [-0.1, -0.05) is 23.7 Å². The van der Waals surface area contributed by atoms with E-state index in [1.807, 2.05) is 38.1 Å². The van der Waals surface area contributed by atoms with E-state index in [0.29, 0.717) is 24.8 Å². The van der Waals surface area contributed by atoms with E-state index in [4.69, 9.17) is 16.3 Å². The fraction of sp³-hybridized carbons (Fsp3) is 0.412. The Bertz CT molecular complexity index is 711. The zero-order chi connectivity index (χ0) is 17.1. The van der Waals surface area contributed by atoms with Gasteiger partial charge in [-0.3, -0.25) is 4.79 Å². The SMILES string of the molecule is Cc1nc(-c2ccc(Cl)cc2)sc1C(C)NC(=O)C1COCCN1. The van der Waals surface area contributed by atoms with Crippen molar-refractivity contribution >= 4 is 28.8 Å². The third-order valence-electron chi connectivity index (χ3n) is 3.91. The number of morpholine rings is 1. The van der Waals surface area contributed by atoms with Crippen molar-refractivity contribution < 1.29 is 9.53 Å². The summed E-state index contributed by atoms with van der Waals surface area (Å²) in [6.45, 7) is 5.71. The number of hydrogen-bond donors (Lipinski definition) is 2. The lowest BCUT2D eigenvalue weighted by molar-refractivity contribution is -0.126. The normalized spacial score (nSPS) is 19.0. The molecular formula is C17H20ClN3O2S. The van der Waals surface area contributed by atoms with Crippen LogP contribution in [0.4, 0.5) is 0 Å². The number of carbonyl (C=O) groups excluding carboxylic acids is 1. The lowest BCUT2D eigenvalue weighted by Crippen LogP contribution is -2.51. The van der Waals surface area contributed by atoms with E-state index in [9.17, 15) is 4.79 Å². The van der Waals surface area contributed by atoms with Crippen molar-refractivity contribution in [3.05, 3.63) is 39.9 Å². The average Bonchev–Trinajstić information content (AvgIpc) is 2.98. The molecule has 128 valence electrons. The molecule has 24 heavy (non-hydrogen) atoms. The molecule has 1 fully saturated rings. The maximum absolute atomic E-state index is 12.3. The molecule has 1 amide bonds. The van der Waals surface area contributed by atoms with Gasteiger partial charge >= 0.3 is 0 Å². The first-order valence-corrected chi connectivity index (χ1v) is 9.09. The summed E-state index contributed by atoms with van der Waals surface area (Å²) in [6, 6.07) is 7.24. The fourth-order valence-corrected chi connectivity index (χ4v) is 3.84. The third-order valence-corrected chi connectivity index (χ3v) is 5.56. The number of aryl methyl sites for hydroxylation is 1. The Kier molecular flexibility index (Phi) is 5.50. The molecule has 5 nitrogen and oxygen atoms in total. The summed E-state index contributed by atoms with van der Waals surface area (Å²) >= 11 is 7.53. The predicted octanol–water partition coefficient (Wildman–Crippen LogP) is 2.94. The number of rotatable bonds is 4. The molecule has 1 aromatic heterocycles. The zero-order valence-electron chi connectivity index (χ0n) is 13.6. The molecule has 1 aromatic carbocycles. The van der Waals surface area contributed by atoms with Crippen LogP contribution in [-0.2, 0) is 9.53 Å². The maximum Gasteiger partial charge on any atom is 0.240 e. The second-order valence-corrected chi connectivity index (χ2v) is 7.25. The molecule has 2 aromatic rings. The average molecular weight is 366 g/mol. The second kappa shape index (κ2) is 7.61. The number of benzene rings is 1. The summed E-state index contributed by atoms with van der Waals surface area (Å²) in [6.07, 6.45) is 0. The highest BCUT2D eigenvalue weighted by molar-refractivity contribution is 7.15. The molecular weight excluding hydrogens is 346 g/mol. The van der Waals surface area contributed by atoms with Crippen LogP contribution in [0, 0.1) is 6.92 Å². The Balaban J connectivity index is 1.71. The fourth-order valence-electron chi connectivity index (χ4n) is 2.64. The molecule has 2 unspecified atom stereocenters. The van der Waals surface area contributed by atoms with Crippen LogP contribution in [0.25, 0.3) is 10.6 Å². The Labute approximate surface area is 150 Å². The van der Waals surface area contributed by atoms with E-state index in [1.165, 1.54) is 0 Å². The Morgan fingerprint density at radius 3 is 2.88 bits per heavy atom. The number of aromatic nitrogens is 1. The van der Waals surface area contributed by atoms with E-state index < -0.39 is 0 Å². The van der Waals surface area contributed by atoms with E-state index in [2.05, 4.69) is 15.6 Å². The highest BCUT2D eigenvalue weighted by Crippen LogP contribution is 2.32. The minimum Gasteiger partial charge on any atom is -0.378 e. The van der Waals surface area contributed by atoms with E-state index in [0.717, 1.165) is 21.1 Å². The van der Waals surface area contributed by atoms with Gasteiger partial charge in [0.05, 0.1) is 29.8 Å². The van der Waals surface area contributed by atoms with Crippen LogP contribution in [-0.4, -0.2) is 36.7 Å². The van der Waals surface area contributed by atoms with Crippen molar-refractivity contribution in [3.8, 4) is 10.6 Å². The summed E-state index contributed by atoms with van der Waals surface area (Å²) in [4.78, 5) is 18.0. The minimum absolute atomic E-state index is 0.0388. The second-order valence-electron chi connectivity index (χ2n) is 5.79. The topological polar surface area (TPSA) is 63.2 Å². The largest absolute Gasteiger partial charge is 0.378 e. The summed E-state index contributed by atoms with van der Waals surface area (Å²) < 4.78 is 5.34. The number of carbonyl (C=O) groups is 1. The summed E-state index contributed by atoms with van der Waals surface area (Å²) in [5.41, 5.74) is 1.96. The van der Waals surface area contributed by atoms with Gasteiger partial charge < -0.3 is 15.4 Å². The van der Waals surface area contributed by atoms with Gasteiger partial charge in [-0.05, 0) is 26.0 Å². The molecule has 3 rings (SSSR count). The Morgan fingerprint density at radius 2 is 2.21 bits per heavy atom. The van der Waals surface area contributed by atoms with Crippen LogP contribution in [0.5, 0.6) is 0 Å². The van der Waals surface area contributed by atoms with Crippen LogP contribution < -0.4 is 10.6 Å². The van der Waals surface area contributed by atoms with Gasteiger partial charge in [0.25, 0.3) is 0 Å². The predicted molar refractivity (Wildman–Crippen MR) is 96.5 cm³/mol. The molecule has 1 saturated heterocycles. The van der Waals surface area contributed by atoms with Crippen molar-refractivity contribution in [1.29, 1.82) is 0 Å². The third kappa shape index (κ3) is 3.95. The van der Waals surface area contributed by atoms with Gasteiger partial charge in [-0.25, -0.2) is 4.98 Å². The number of halogens is 1. The number of nitrogens with one attached hydrogen (secondary N) is 2. The molecule has 1 aliphatic rings. The molecule has 0 aliphatic carbocycles. The van der Waals surface area contributed by atoms with Crippen LogP contribution in [0.1, 0.15) is 23.5 Å². The van der Waals surface area contributed by atoms with Gasteiger partial charge in [-0.15, -0.1) is 11.3 Å². The van der Waals surface area contributed by atoms with Gasteiger partial charge in [0, 0.05) is 17.1 Å². The van der Waals surface area contributed by atoms with Crippen molar-refractivity contribution in [1.82, 2.24) is 15.6 Å². The molecule has 0 radical (unpaired) electrons. The van der Waals surface area contributed by atoms with E-state index in [-0.39, 0.29) is 18.0 Å². The quantitative estimate of drug-likeness (QED) is 0.874. The van der Waals surface area contributed by atoms with Crippen LogP contribution in [0.3, 0.4) is 0 Å². The highest BCUT2D eigenvalue weighted by Gasteiger charge is 2.24. The van der Waals surface area contributed by atoms with Crippen molar-refractivity contribution in [2.75, 3.05) is 19.8 Å². The molecule has 2 N–H and O–H groups in total. The van der Waals surface area contributed by atoms with E-state index in [1.54, 1.807) is 11.3 Å². The van der Waals surface area contributed by atoms with Crippen molar-refractivity contribution in [2.45, 2.75) is 25.9 Å².